The van der Waals surface area contributed by atoms with Crippen LogP contribution in [0.25, 0.3) is 6.08 Å². The molecule has 1 fully saturated rings. The van der Waals surface area contributed by atoms with Gasteiger partial charge in [0.1, 0.15) is 5.57 Å². The highest BCUT2D eigenvalue weighted by atomic mass is 79.9. The number of nitrogens with zero attached hydrogens (tertiary/aromatic N) is 1. The number of aryl methyl sites for hydroxylation is 1. The Morgan fingerprint density at radius 3 is 2.63 bits per heavy atom. The smallest absolute Gasteiger partial charge is 0.270 e. The van der Waals surface area contributed by atoms with Crippen LogP contribution < -0.4 is 15.0 Å². The van der Waals surface area contributed by atoms with E-state index in [1.165, 1.54) is 30.2 Å². The summed E-state index contributed by atoms with van der Waals surface area (Å²) in [5.41, 5.74) is 1.86. The number of methoxy groups -OCH3 is 1. The molecule has 2 N–H and O–H groups in total. The van der Waals surface area contributed by atoms with E-state index in [9.17, 15) is 14.7 Å². The van der Waals surface area contributed by atoms with Gasteiger partial charge in [-0.15, -0.1) is 0 Å². The molecule has 8 heteroatoms. The van der Waals surface area contributed by atoms with Crippen LogP contribution in [-0.2, 0) is 9.59 Å². The number of aromatic hydroxyl groups is 1. The first-order valence-electron chi connectivity index (χ1n) is 7.87. The van der Waals surface area contributed by atoms with Crippen LogP contribution in [0.5, 0.6) is 11.5 Å². The van der Waals surface area contributed by atoms with Gasteiger partial charge in [0, 0.05) is 4.47 Å². The minimum atomic E-state index is -0.589. The first-order chi connectivity index (χ1) is 12.8. The third-order valence-corrected chi connectivity index (χ3v) is 5.03. The molecule has 138 valence electrons. The monoisotopic (exact) mass is 446 g/mol. The molecule has 1 aliphatic rings. The average Bonchev–Trinajstić information content (AvgIpc) is 2.61. The number of carbonyl (C=O) groups is 2. The zero-order valence-electron chi connectivity index (χ0n) is 14.4. The molecule has 1 saturated heterocycles. The third-order valence-electron chi connectivity index (χ3n) is 4.06. The summed E-state index contributed by atoms with van der Waals surface area (Å²) in [6.45, 7) is 1.85. The van der Waals surface area contributed by atoms with Gasteiger partial charge in [0.05, 0.1) is 12.8 Å². The summed E-state index contributed by atoms with van der Waals surface area (Å²) in [5.74, 6) is -0.959. The normalized spacial score (nSPS) is 15.9. The second-order valence-electron chi connectivity index (χ2n) is 5.79. The number of anilines is 1. The van der Waals surface area contributed by atoms with Gasteiger partial charge < -0.3 is 9.84 Å². The molecule has 2 aromatic carbocycles. The number of hydrogen-bond acceptors (Lipinski definition) is 5. The number of para-hydroxylation sites is 1. The summed E-state index contributed by atoms with van der Waals surface area (Å²) in [4.78, 5) is 26.7. The first kappa shape index (κ1) is 19.1. The van der Waals surface area contributed by atoms with Crippen LogP contribution in [0.3, 0.4) is 0 Å². The molecule has 27 heavy (non-hydrogen) atoms. The molecule has 0 aliphatic carbocycles. The predicted octanol–water partition coefficient (Wildman–Crippen LogP) is 3.30. The molecule has 0 atom stereocenters. The van der Waals surface area contributed by atoms with Crippen molar-refractivity contribution in [3.63, 3.8) is 0 Å². The summed E-state index contributed by atoms with van der Waals surface area (Å²) in [5, 5.41) is 12.4. The van der Waals surface area contributed by atoms with Gasteiger partial charge in [-0.2, -0.15) is 0 Å². The highest BCUT2D eigenvalue weighted by Gasteiger charge is 2.35. The maximum absolute atomic E-state index is 13.0. The summed E-state index contributed by atoms with van der Waals surface area (Å²) in [6, 6.07) is 10.2. The highest BCUT2D eigenvalue weighted by Crippen LogP contribution is 2.34. The minimum absolute atomic E-state index is 0.0267. The van der Waals surface area contributed by atoms with Crippen LogP contribution in [-0.4, -0.2) is 29.1 Å². The van der Waals surface area contributed by atoms with Gasteiger partial charge in [-0.05, 0) is 54.5 Å². The van der Waals surface area contributed by atoms with E-state index in [1.54, 1.807) is 12.1 Å². The third kappa shape index (κ3) is 3.58. The molecule has 0 aromatic heterocycles. The largest absolute Gasteiger partial charge is 0.504 e. The number of benzene rings is 2. The molecule has 2 amide bonds. The van der Waals surface area contributed by atoms with Crippen molar-refractivity contribution >= 4 is 56.8 Å². The number of rotatable bonds is 3. The van der Waals surface area contributed by atoms with Gasteiger partial charge in [-0.1, -0.05) is 34.1 Å². The lowest BCUT2D eigenvalue weighted by Crippen LogP contribution is -2.54. The molecule has 0 spiro atoms. The van der Waals surface area contributed by atoms with E-state index in [0.717, 1.165) is 5.56 Å². The molecule has 1 heterocycles. The number of nitrogens with one attached hydrogen (secondary N) is 1. The Balaban J connectivity index is 2.09. The van der Waals surface area contributed by atoms with Crippen molar-refractivity contribution in [2.24, 2.45) is 0 Å². The number of carbonyl (C=O) groups excluding carboxylic acids is 2. The van der Waals surface area contributed by atoms with Crippen LogP contribution in [0.4, 0.5) is 5.69 Å². The van der Waals surface area contributed by atoms with Crippen LogP contribution in [0.1, 0.15) is 11.1 Å². The zero-order chi connectivity index (χ0) is 19.7. The number of thiocarbonyl (C=S) groups is 1. The summed E-state index contributed by atoms with van der Waals surface area (Å²) in [6.07, 6.45) is 1.43. The number of hydrogen-bond donors (Lipinski definition) is 2. The van der Waals surface area contributed by atoms with Crippen LogP contribution >= 0.6 is 28.1 Å². The Hall–Kier alpha value is -2.71. The van der Waals surface area contributed by atoms with Gasteiger partial charge in [-0.3, -0.25) is 19.8 Å². The van der Waals surface area contributed by atoms with Crippen molar-refractivity contribution in [1.29, 1.82) is 0 Å². The van der Waals surface area contributed by atoms with Gasteiger partial charge in [0.2, 0.25) is 0 Å². The average molecular weight is 447 g/mol. The topological polar surface area (TPSA) is 78.9 Å². The zero-order valence-corrected chi connectivity index (χ0v) is 16.8. The lowest BCUT2D eigenvalue weighted by Gasteiger charge is -2.30. The molecule has 6 nitrogen and oxygen atoms in total. The van der Waals surface area contributed by atoms with Crippen LogP contribution in [0.2, 0.25) is 0 Å². The predicted molar refractivity (Wildman–Crippen MR) is 110 cm³/mol. The van der Waals surface area contributed by atoms with E-state index >= 15 is 0 Å². The number of amides is 2. The van der Waals surface area contributed by atoms with Crippen molar-refractivity contribution in [2.45, 2.75) is 6.92 Å². The van der Waals surface area contributed by atoms with Gasteiger partial charge in [-0.25, -0.2) is 0 Å². The van der Waals surface area contributed by atoms with E-state index in [2.05, 4.69) is 21.2 Å². The molecule has 2 aromatic rings. The summed E-state index contributed by atoms with van der Waals surface area (Å²) >= 11 is 8.52. The highest BCUT2D eigenvalue weighted by molar-refractivity contribution is 9.10. The molecule has 0 unspecified atom stereocenters. The Kier molecular flexibility index (Phi) is 5.29. The van der Waals surface area contributed by atoms with E-state index in [-0.39, 0.29) is 22.2 Å². The van der Waals surface area contributed by atoms with Crippen molar-refractivity contribution in [2.75, 3.05) is 12.0 Å². The number of halogens is 1. The fourth-order valence-corrected chi connectivity index (χ4v) is 3.40. The Labute approximate surface area is 169 Å². The minimum Gasteiger partial charge on any atom is -0.504 e. The molecule has 0 radical (unpaired) electrons. The van der Waals surface area contributed by atoms with Crippen molar-refractivity contribution in [3.8, 4) is 11.5 Å². The Morgan fingerprint density at radius 1 is 1.26 bits per heavy atom. The first-order valence-corrected chi connectivity index (χ1v) is 9.07. The van der Waals surface area contributed by atoms with Crippen molar-refractivity contribution < 1.29 is 19.4 Å². The quantitative estimate of drug-likeness (QED) is 0.429. The molecular weight excluding hydrogens is 432 g/mol. The molecule has 1 aliphatic heterocycles. The van der Waals surface area contributed by atoms with Gasteiger partial charge in [0.25, 0.3) is 11.8 Å². The van der Waals surface area contributed by atoms with Crippen molar-refractivity contribution in [1.82, 2.24) is 5.32 Å². The summed E-state index contributed by atoms with van der Waals surface area (Å²) < 4.78 is 5.59. The van der Waals surface area contributed by atoms with Crippen LogP contribution in [0, 0.1) is 6.92 Å². The Morgan fingerprint density at radius 2 is 1.96 bits per heavy atom. The Bertz CT molecular complexity index is 1000. The van der Waals surface area contributed by atoms with E-state index in [1.807, 2.05) is 19.1 Å². The lowest BCUT2D eigenvalue weighted by atomic mass is 10.1. The molecular formula is C19H15BrN2O4S. The lowest BCUT2D eigenvalue weighted by molar-refractivity contribution is -0.122. The maximum Gasteiger partial charge on any atom is 0.270 e. The fraction of sp³-hybridized carbons (Fsp3) is 0.105. The summed E-state index contributed by atoms with van der Waals surface area (Å²) in [7, 11) is 1.41. The van der Waals surface area contributed by atoms with Gasteiger partial charge >= 0.3 is 0 Å². The van der Waals surface area contributed by atoms with E-state index in [4.69, 9.17) is 17.0 Å². The second kappa shape index (κ2) is 7.50. The van der Waals surface area contributed by atoms with Crippen LogP contribution in [0.15, 0.2) is 46.4 Å². The van der Waals surface area contributed by atoms with E-state index in [0.29, 0.717) is 15.7 Å². The van der Waals surface area contributed by atoms with Crippen molar-refractivity contribution in [3.05, 3.63) is 57.6 Å². The molecule has 0 saturated carbocycles. The second-order valence-corrected chi connectivity index (χ2v) is 7.03. The number of phenols is 1. The maximum atomic E-state index is 13.0. The molecule has 3 rings (SSSR count). The number of phenolic OH excluding ortho intramolecular Hbond substituents is 1. The van der Waals surface area contributed by atoms with E-state index < -0.39 is 11.8 Å². The molecule has 0 bridgehead atoms. The van der Waals surface area contributed by atoms with Gasteiger partial charge in [0.15, 0.2) is 16.6 Å². The fourth-order valence-electron chi connectivity index (χ4n) is 2.68. The number of ether oxygens (including phenoxy) is 1. The SMILES string of the molecule is COc1cc(/C=C2\C(=O)NC(=S)N(c3ccccc3C)C2=O)c(Br)cc1O. The standard InChI is InChI=1S/C19H15BrN2O4S/c1-10-5-3-4-6-14(10)22-18(25)12(17(24)21-19(22)27)7-11-8-16(26-2)15(23)9-13(11)20/h3-9,23H,1-2H3,(H,21,24,27)/b12-7+.